The average molecular weight is 258 g/mol. The maximum atomic E-state index is 11.0. The number of ketones is 1. The van der Waals surface area contributed by atoms with E-state index in [1.165, 1.54) is 0 Å². The van der Waals surface area contributed by atoms with E-state index in [9.17, 15) is 4.79 Å². The van der Waals surface area contributed by atoms with Crippen LogP contribution in [0, 0.1) is 0 Å². The van der Waals surface area contributed by atoms with Gasteiger partial charge in [0.05, 0.1) is 22.9 Å². The summed E-state index contributed by atoms with van der Waals surface area (Å²) in [4.78, 5) is 10.7. The molecule has 0 radical (unpaired) electrons. The second kappa shape index (κ2) is 3.12. The zero-order valence-corrected chi connectivity index (χ0v) is 7.81. The molecule has 9 heavy (non-hydrogen) atoms. The number of ether oxygens (including phenoxy) is 1. The first kappa shape index (κ1) is 7.69. The van der Waals surface area contributed by atoms with Crippen LogP contribution in [0.5, 0.6) is 0 Å². The summed E-state index contributed by atoms with van der Waals surface area (Å²) in [5.74, 6) is 0.182. The van der Waals surface area contributed by atoms with Gasteiger partial charge in [-0.15, -0.1) is 0 Å². The molecular formula is C5H6Br2O2. The van der Waals surface area contributed by atoms with Crippen molar-refractivity contribution >= 4 is 37.6 Å². The van der Waals surface area contributed by atoms with Crippen LogP contribution >= 0.6 is 31.9 Å². The number of hydrogen-bond donors (Lipinski definition) is 0. The van der Waals surface area contributed by atoms with Crippen molar-refractivity contribution in [1.82, 2.24) is 0 Å². The zero-order chi connectivity index (χ0) is 6.85. The quantitative estimate of drug-likeness (QED) is 0.608. The van der Waals surface area contributed by atoms with Gasteiger partial charge in [0, 0.05) is 0 Å². The van der Waals surface area contributed by atoms with Crippen LogP contribution < -0.4 is 0 Å². The number of carbonyl (C=O) groups excluding carboxylic acids is 1. The van der Waals surface area contributed by atoms with Crippen molar-refractivity contribution in [3.05, 3.63) is 0 Å². The van der Waals surface area contributed by atoms with Gasteiger partial charge in [0.25, 0.3) is 0 Å². The molecule has 1 heterocycles. The molecule has 1 saturated heterocycles. The molecule has 1 rings (SSSR count). The molecule has 0 amide bonds. The maximum absolute atomic E-state index is 11.0. The van der Waals surface area contributed by atoms with Crippen molar-refractivity contribution in [2.45, 2.75) is 9.65 Å². The van der Waals surface area contributed by atoms with E-state index in [2.05, 4.69) is 31.9 Å². The maximum Gasteiger partial charge on any atom is 0.164 e. The van der Waals surface area contributed by atoms with Crippen LogP contribution in [-0.2, 0) is 9.53 Å². The van der Waals surface area contributed by atoms with Gasteiger partial charge >= 0.3 is 0 Å². The van der Waals surface area contributed by atoms with Crippen molar-refractivity contribution in [3.63, 3.8) is 0 Å². The third kappa shape index (κ3) is 1.75. The highest BCUT2D eigenvalue weighted by Crippen LogP contribution is 2.16. The van der Waals surface area contributed by atoms with Crippen molar-refractivity contribution in [3.8, 4) is 0 Å². The van der Waals surface area contributed by atoms with Gasteiger partial charge in [-0.05, 0) is 0 Å². The van der Waals surface area contributed by atoms with Gasteiger partial charge in [-0.3, -0.25) is 4.79 Å². The first-order chi connectivity index (χ1) is 4.22. The minimum Gasteiger partial charge on any atom is -0.378 e. The van der Waals surface area contributed by atoms with E-state index in [4.69, 9.17) is 4.74 Å². The molecule has 2 atom stereocenters. The summed E-state index contributed by atoms with van der Waals surface area (Å²) < 4.78 is 5.05. The molecule has 1 aliphatic rings. The lowest BCUT2D eigenvalue weighted by atomic mass is 10.2. The number of alkyl halides is 2. The van der Waals surface area contributed by atoms with E-state index in [1.807, 2.05) is 0 Å². The highest BCUT2D eigenvalue weighted by molar-refractivity contribution is 9.10. The molecule has 0 N–H and O–H groups in total. The summed E-state index contributed by atoms with van der Waals surface area (Å²) in [5.41, 5.74) is 0. The molecule has 0 aromatic heterocycles. The van der Waals surface area contributed by atoms with Crippen molar-refractivity contribution in [1.29, 1.82) is 0 Å². The first-order valence-electron chi connectivity index (χ1n) is 2.61. The Morgan fingerprint density at radius 3 is 2.11 bits per heavy atom. The Bertz CT molecular complexity index is 114. The topological polar surface area (TPSA) is 26.3 Å². The summed E-state index contributed by atoms with van der Waals surface area (Å²) in [5, 5.41) is 0. The Balaban J connectivity index is 2.52. The number of hydrogen-bond acceptors (Lipinski definition) is 2. The molecule has 2 unspecified atom stereocenters. The normalized spacial score (nSPS) is 36.9. The fraction of sp³-hybridized carbons (Fsp3) is 0.800. The fourth-order valence-corrected chi connectivity index (χ4v) is 2.00. The molecule has 0 aliphatic carbocycles. The van der Waals surface area contributed by atoms with E-state index < -0.39 is 0 Å². The van der Waals surface area contributed by atoms with Crippen LogP contribution in [0.2, 0.25) is 0 Å². The average Bonchev–Trinajstić information content (AvgIpc) is 1.83. The van der Waals surface area contributed by atoms with Gasteiger partial charge in [0.15, 0.2) is 5.78 Å². The standard InChI is InChI=1S/C5H6Br2O2/c6-3-1-9-2-4(7)5(3)8/h3-4H,1-2H2. The molecule has 1 fully saturated rings. The second-order valence-corrected chi connectivity index (χ2v) is 4.09. The summed E-state index contributed by atoms with van der Waals surface area (Å²) >= 11 is 6.38. The number of Topliss-reactive ketones (excluding diaryl/α,β-unsaturated/α-hetero) is 1. The summed E-state index contributed by atoms with van der Waals surface area (Å²) in [7, 11) is 0. The third-order valence-corrected chi connectivity index (χ3v) is 2.58. The molecule has 0 bridgehead atoms. The van der Waals surface area contributed by atoms with E-state index in [0.717, 1.165) is 0 Å². The lowest BCUT2D eigenvalue weighted by Crippen LogP contribution is -2.36. The second-order valence-electron chi connectivity index (χ2n) is 1.87. The molecule has 0 aromatic carbocycles. The Morgan fingerprint density at radius 2 is 1.78 bits per heavy atom. The van der Waals surface area contributed by atoms with Crippen LogP contribution in [0.25, 0.3) is 0 Å². The van der Waals surface area contributed by atoms with Gasteiger partial charge in [0.2, 0.25) is 0 Å². The summed E-state index contributed by atoms with van der Waals surface area (Å²) in [6.07, 6.45) is 0. The Labute approximate surface area is 70.2 Å². The molecule has 0 aromatic rings. The van der Waals surface area contributed by atoms with Crippen molar-refractivity contribution < 1.29 is 9.53 Å². The monoisotopic (exact) mass is 256 g/mol. The summed E-state index contributed by atoms with van der Waals surface area (Å²) in [6, 6.07) is 0. The largest absolute Gasteiger partial charge is 0.378 e. The van der Waals surface area contributed by atoms with Crippen LogP contribution in [0.15, 0.2) is 0 Å². The van der Waals surface area contributed by atoms with E-state index in [-0.39, 0.29) is 15.4 Å². The minimum absolute atomic E-state index is 0.115. The Hall–Kier alpha value is 0.590. The molecule has 2 nitrogen and oxygen atoms in total. The SMILES string of the molecule is O=C1C(Br)COCC1Br. The van der Waals surface area contributed by atoms with Crippen LogP contribution in [-0.4, -0.2) is 28.7 Å². The highest BCUT2D eigenvalue weighted by atomic mass is 79.9. The molecular weight excluding hydrogens is 252 g/mol. The van der Waals surface area contributed by atoms with E-state index in [0.29, 0.717) is 13.2 Å². The van der Waals surface area contributed by atoms with Crippen molar-refractivity contribution in [2.75, 3.05) is 13.2 Å². The van der Waals surface area contributed by atoms with Gasteiger partial charge in [-0.1, -0.05) is 31.9 Å². The Morgan fingerprint density at radius 1 is 1.33 bits per heavy atom. The lowest BCUT2D eigenvalue weighted by molar-refractivity contribution is -0.122. The van der Waals surface area contributed by atoms with Gasteiger partial charge in [-0.25, -0.2) is 0 Å². The van der Waals surface area contributed by atoms with E-state index in [1.54, 1.807) is 0 Å². The first-order valence-corrected chi connectivity index (χ1v) is 4.44. The highest BCUT2D eigenvalue weighted by Gasteiger charge is 2.27. The molecule has 4 heteroatoms. The molecule has 1 aliphatic heterocycles. The van der Waals surface area contributed by atoms with Gasteiger partial charge < -0.3 is 4.74 Å². The molecule has 52 valence electrons. The van der Waals surface area contributed by atoms with Crippen LogP contribution in [0.4, 0.5) is 0 Å². The number of halogens is 2. The Kier molecular flexibility index (Phi) is 2.67. The van der Waals surface area contributed by atoms with Gasteiger partial charge in [0.1, 0.15) is 0 Å². The molecule has 0 spiro atoms. The van der Waals surface area contributed by atoms with E-state index >= 15 is 0 Å². The fourth-order valence-electron chi connectivity index (χ4n) is 0.635. The predicted molar refractivity (Wildman–Crippen MR) is 41.3 cm³/mol. The zero-order valence-electron chi connectivity index (χ0n) is 4.64. The van der Waals surface area contributed by atoms with Crippen LogP contribution in [0.3, 0.4) is 0 Å². The number of carbonyl (C=O) groups is 1. The lowest BCUT2D eigenvalue weighted by Gasteiger charge is -2.19. The van der Waals surface area contributed by atoms with Gasteiger partial charge in [-0.2, -0.15) is 0 Å². The van der Waals surface area contributed by atoms with Crippen molar-refractivity contribution in [2.24, 2.45) is 0 Å². The van der Waals surface area contributed by atoms with Crippen LogP contribution in [0.1, 0.15) is 0 Å². The minimum atomic E-state index is -0.115. The number of rotatable bonds is 0. The third-order valence-electron chi connectivity index (χ3n) is 1.15. The smallest absolute Gasteiger partial charge is 0.164 e. The predicted octanol–water partition coefficient (Wildman–Crippen LogP) is 1.11. The summed E-state index contributed by atoms with van der Waals surface area (Å²) in [6.45, 7) is 1.00. The molecule has 0 saturated carbocycles.